The SMILES string of the molecule is O=C(O)c1cc(S(=O)(=O)NOCC(F)(F)F)ccc1Cl. The van der Waals surface area contributed by atoms with Crippen LogP contribution in [0.1, 0.15) is 10.4 Å². The Morgan fingerprint density at radius 3 is 2.50 bits per heavy atom. The molecule has 1 aromatic carbocycles. The summed E-state index contributed by atoms with van der Waals surface area (Å²) in [7, 11) is -4.45. The standard InChI is InChI=1S/C9H7ClF3NO5S/c10-7-2-1-5(3-6(7)8(15)16)20(17,18)14-19-4-9(11,12)13/h1-3,14H,4H2,(H,15,16). The van der Waals surface area contributed by atoms with Gasteiger partial charge in [-0.1, -0.05) is 16.5 Å². The Hall–Kier alpha value is -1.36. The van der Waals surface area contributed by atoms with E-state index in [9.17, 15) is 26.4 Å². The van der Waals surface area contributed by atoms with Gasteiger partial charge in [-0.3, -0.25) is 4.84 Å². The van der Waals surface area contributed by atoms with Gasteiger partial charge in [0.25, 0.3) is 10.0 Å². The molecule has 20 heavy (non-hydrogen) atoms. The zero-order chi connectivity index (χ0) is 15.6. The molecular weight excluding hydrogens is 327 g/mol. The Kier molecular flexibility index (Phi) is 4.97. The highest BCUT2D eigenvalue weighted by Gasteiger charge is 2.29. The van der Waals surface area contributed by atoms with Crippen LogP contribution in [0.4, 0.5) is 13.2 Å². The smallest absolute Gasteiger partial charge is 0.413 e. The molecule has 0 aromatic heterocycles. The zero-order valence-corrected chi connectivity index (χ0v) is 11.0. The Balaban J connectivity index is 2.93. The molecule has 0 atom stereocenters. The van der Waals surface area contributed by atoms with E-state index in [0.29, 0.717) is 6.07 Å². The third-order valence-corrected chi connectivity index (χ3v) is 3.42. The third-order valence-electron chi connectivity index (χ3n) is 1.88. The van der Waals surface area contributed by atoms with Crippen molar-refractivity contribution in [1.29, 1.82) is 0 Å². The van der Waals surface area contributed by atoms with Crippen LogP contribution in [0.3, 0.4) is 0 Å². The number of carboxylic acid groups (broad SMARTS) is 1. The summed E-state index contributed by atoms with van der Waals surface area (Å²) in [4.78, 5) is 15.2. The fraction of sp³-hybridized carbons (Fsp3) is 0.222. The van der Waals surface area contributed by atoms with E-state index in [1.807, 2.05) is 0 Å². The summed E-state index contributed by atoms with van der Waals surface area (Å²) < 4.78 is 58.5. The second-order valence-electron chi connectivity index (χ2n) is 3.44. The van der Waals surface area contributed by atoms with Crippen LogP contribution in [-0.4, -0.2) is 32.3 Å². The van der Waals surface area contributed by atoms with E-state index in [2.05, 4.69) is 4.84 Å². The van der Waals surface area contributed by atoms with Gasteiger partial charge < -0.3 is 5.11 Å². The van der Waals surface area contributed by atoms with Gasteiger partial charge in [0.2, 0.25) is 0 Å². The van der Waals surface area contributed by atoms with Crippen LogP contribution in [-0.2, 0) is 14.9 Å². The molecule has 0 saturated carbocycles. The number of aromatic carboxylic acids is 1. The number of hydrogen-bond acceptors (Lipinski definition) is 4. The van der Waals surface area contributed by atoms with E-state index in [4.69, 9.17) is 16.7 Å². The van der Waals surface area contributed by atoms with Crippen LogP contribution >= 0.6 is 11.6 Å². The van der Waals surface area contributed by atoms with Gasteiger partial charge in [-0.15, -0.1) is 0 Å². The summed E-state index contributed by atoms with van der Waals surface area (Å²) in [6.45, 7) is -1.83. The highest BCUT2D eigenvalue weighted by molar-refractivity contribution is 7.89. The van der Waals surface area contributed by atoms with Crippen LogP contribution < -0.4 is 4.89 Å². The average molecular weight is 334 g/mol. The third kappa shape index (κ3) is 4.63. The molecule has 1 rings (SSSR count). The number of hydrogen-bond donors (Lipinski definition) is 2. The maximum absolute atomic E-state index is 11.8. The number of benzene rings is 1. The molecule has 0 saturated heterocycles. The van der Waals surface area contributed by atoms with Gasteiger partial charge in [-0.05, 0) is 18.2 Å². The number of alkyl halides is 3. The molecular formula is C9H7ClF3NO5S. The van der Waals surface area contributed by atoms with Crippen molar-refractivity contribution in [3.63, 3.8) is 0 Å². The minimum Gasteiger partial charge on any atom is -0.478 e. The molecule has 112 valence electrons. The summed E-state index contributed by atoms with van der Waals surface area (Å²) in [6, 6.07) is 2.61. The maximum Gasteiger partial charge on any atom is 0.413 e. The molecule has 11 heteroatoms. The Bertz CT molecular complexity index is 616. The average Bonchev–Trinajstić information content (AvgIpc) is 2.26. The first-order valence-corrected chi connectivity index (χ1v) is 6.62. The predicted molar refractivity (Wildman–Crippen MR) is 60.7 cm³/mol. The lowest BCUT2D eigenvalue weighted by Crippen LogP contribution is -2.29. The molecule has 1 aromatic rings. The van der Waals surface area contributed by atoms with E-state index in [1.54, 1.807) is 0 Å². The molecule has 0 heterocycles. The largest absolute Gasteiger partial charge is 0.478 e. The molecule has 0 aliphatic heterocycles. The first kappa shape index (κ1) is 16.7. The molecule has 0 spiro atoms. The number of nitrogens with one attached hydrogen (secondary N) is 1. The summed E-state index contributed by atoms with van der Waals surface area (Å²) in [6.07, 6.45) is -4.71. The van der Waals surface area contributed by atoms with Gasteiger partial charge in [0.05, 0.1) is 15.5 Å². The molecule has 0 fully saturated rings. The normalized spacial score (nSPS) is 12.4. The zero-order valence-electron chi connectivity index (χ0n) is 9.44. The van der Waals surface area contributed by atoms with Gasteiger partial charge >= 0.3 is 12.1 Å². The van der Waals surface area contributed by atoms with Gasteiger partial charge in [0.1, 0.15) is 0 Å². The summed E-state index contributed by atoms with van der Waals surface area (Å²) >= 11 is 5.53. The molecule has 0 amide bonds. The van der Waals surface area contributed by atoms with Crippen molar-refractivity contribution in [3.8, 4) is 0 Å². The van der Waals surface area contributed by atoms with Gasteiger partial charge in [-0.2, -0.15) is 13.2 Å². The van der Waals surface area contributed by atoms with Crippen molar-refractivity contribution in [1.82, 2.24) is 4.89 Å². The molecule has 0 aliphatic carbocycles. The van der Waals surface area contributed by atoms with Crippen molar-refractivity contribution >= 4 is 27.6 Å². The van der Waals surface area contributed by atoms with Crippen molar-refractivity contribution < 1.29 is 36.3 Å². The number of halogens is 4. The van der Waals surface area contributed by atoms with Crippen molar-refractivity contribution in [2.45, 2.75) is 11.1 Å². The first-order valence-electron chi connectivity index (χ1n) is 4.76. The predicted octanol–water partition coefficient (Wildman–Crippen LogP) is 1.81. The minimum atomic E-state index is -4.71. The molecule has 2 N–H and O–H groups in total. The molecule has 6 nitrogen and oxygen atoms in total. The lowest BCUT2D eigenvalue weighted by Gasteiger charge is -2.10. The topological polar surface area (TPSA) is 92.7 Å². The van der Waals surface area contributed by atoms with Crippen molar-refractivity contribution in [2.24, 2.45) is 0 Å². The maximum atomic E-state index is 11.8. The lowest BCUT2D eigenvalue weighted by molar-refractivity contribution is -0.181. The van der Waals surface area contributed by atoms with E-state index in [0.717, 1.165) is 12.1 Å². The Morgan fingerprint density at radius 2 is 2.00 bits per heavy atom. The van der Waals surface area contributed by atoms with Gasteiger partial charge in [-0.25, -0.2) is 13.2 Å². The Morgan fingerprint density at radius 1 is 1.40 bits per heavy atom. The molecule has 0 aliphatic rings. The molecule has 0 unspecified atom stereocenters. The van der Waals surface area contributed by atoms with E-state index in [-0.39, 0.29) is 5.02 Å². The number of sulfonamides is 1. The highest BCUT2D eigenvalue weighted by Crippen LogP contribution is 2.21. The van der Waals surface area contributed by atoms with Crippen LogP contribution in [0.2, 0.25) is 5.02 Å². The molecule has 0 bridgehead atoms. The van der Waals surface area contributed by atoms with Crippen LogP contribution in [0.25, 0.3) is 0 Å². The van der Waals surface area contributed by atoms with Crippen LogP contribution in [0, 0.1) is 0 Å². The fourth-order valence-corrected chi connectivity index (χ4v) is 2.10. The highest BCUT2D eigenvalue weighted by atomic mass is 35.5. The van der Waals surface area contributed by atoms with Crippen LogP contribution in [0.5, 0.6) is 0 Å². The monoisotopic (exact) mass is 333 g/mol. The van der Waals surface area contributed by atoms with Crippen LogP contribution in [0.15, 0.2) is 23.1 Å². The second-order valence-corrected chi connectivity index (χ2v) is 5.49. The minimum absolute atomic E-state index is 0.215. The lowest BCUT2D eigenvalue weighted by atomic mass is 10.2. The van der Waals surface area contributed by atoms with E-state index >= 15 is 0 Å². The Labute approximate surface area is 116 Å². The van der Waals surface area contributed by atoms with Crippen molar-refractivity contribution in [2.75, 3.05) is 6.61 Å². The van der Waals surface area contributed by atoms with E-state index in [1.165, 1.54) is 4.89 Å². The van der Waals surface area contributed by atoms with Crippen molar-refractivity contribution in [3.05, 3.63) is 28.8 Å². The van der Waals surface area contributed by atoms with Gasteiger partial charge in [0, 0.05) is 0 Å². The summed E-state index contributed by atoms with van der Waals surface area (Å²) in [5, 5.41) is 8.54. The number of rotatable bonds is 5. The molecule has 0 radical (unpaired) electrons. The van der Waals surface area contributed by atoms with E-state index < -0.39 is 39.2 Å². The number of carbonyl (C=O) groups is 1. The summed E-state index contributed by atoms with van der Waals surface area (Å²) in [5.41, 5.74) is -0.509. The number of carboxylic acids is 1. The fourth-order valence-electron chi connectivity index (χ4n) is 1.07. The van der Waals surface area contributed by atoms with Gasteiger partial charge in [0.15, 0.2) is 6.61 Å². The first-order chi connectivity index (χ1) is 9.03. The quantitative estimate of drug-likeness (QED) is 0.802. The second kappa shape index (κ2) is 5.95. The summed E-state index contributed by atoms with van der Waals surface area (Å²) in [5.74, 6) is -1.48.